The number of likely N-dealkylation sites (tertiary alicyclic amines) is 1. The van der Waals surface area contributed by atoms with E-state index in [2.05, 4.69) is 23.7 Å². The summed E-state index contributed by atoms with van der Waals surface area (Å²) in [6, 6.07) is 11.3. The van der Waals surface area contributed by atoms with Crippen molar-refractivity contribution in [3.05, 3.63) is 59.9 Å². The normalized spacial score (nSPS) is 21.2. The van der Waals surface area contributed by atoms with Crippen LogP contribution in [0.15, 0.2) is 53.7 Å². The van der Waals surface area contributed by atoms with E-state index in [0.29, 0.717) is 36.7 Å². The molecule has 1 aromatic heterocycles. The van der Waals surface area contributed by atoms with Gasteiger partial charge in [-0.2, -0.15) is 4.31 Å². The van der Waals surface area contributed by atoms with Crippen molar-refractivity contribution in [2.45, 2.75) is 69.2 Å². The standard InChI is InChI=1S/C26H35N3O3S/c1-20(2)21-7-9-24(10-8-21)33(31,32)28-18-13-23(14-19-28)26(30)29-17-5-3-4-6-25(29)22-11-15-27-16-12-22/h7-12,15-16,20,23,25H,3-6,13-14,17-19H2,1-2H3. The highest BCUT2D eigenvalue weighted by Gasteiger charge is 2.36. The molecule has 2 fully saturated rings. The molecule has 2 aromatic rings. The lowest BCUT2D eigenvalue weighted by Crippen LogP contribution is -2.45. The van der Waals surface area contributed by atoms with E-state index in [4.69, 9.17) is 0 Å². The molecule has 3 heterocycles. The Bertz CT molecular complexity index is 1030. The van der Waals surface area contributed by atoms with E-state index in [1.807, 2.05) is 24.3 Å². The van der Waals surface area contributed by atoms with E-state index in [1.165, 1.54) is 0 Å². The Labute approximate surface area is 198 Å². The lowest BCUT2D eigenvalue weighted by Gasteiger charge is -2.36. The van der Waals surface area contributed by atoms with Crippen LogP contribution in [-0.4, -0.2) is 48.1 Å². The van der Waals surface area contributed by atoms with Crippen molar-refractivity contribution in [3.63, 3.8) is 0 Å². The second kappa shape index (κ2) is 10.3. The maximum atomic E-state index is 13.6. The third-order valence-corrected chi connectivity index (χ3v) is 9.03. The van der Waals surface area contributed by atoms with Gasteiger partial charge in [-0.15, -0.1) is 0 Å². The molecule has 178 valence electrons. The molecule has 1 amide bonds. The number of nitrogens with zero attached hydrogens (tertiary/aromatic N) is 3. The number of pyridine rings is 1. The molecule has 4 rings (SSSR count). The fraction of sp³-hybridized carbons (Fsp3) is 0.538. The summed E-state index contributed by atoms with van der Waals surface area (Å²) in [5, 5.41) is 0. The van der Waals surface area contributed by atoms with Gasteiger partial charge in [-0.1, -0.05) is 38.8 Å². The van der Waals surface area contributed by atoms with Crippen molar-refractivity contribution in [3.8, 4) is 0 Å². The molecule has 0 saturated carbocycles. The van der Waals surface area contributed by atoms with Crippen molar-refractivity contribution in [1.82, 2.24) is 14.2 Å². The number of aromatic nitrogens is 1. The van der Waals surface area contributed by atoms with Gasteiger partial charge in [0.2, 0.25) is 15.9 Å². The van der Waals surface area contributed by atoms with Crippen LogP contribution >= 0.6 is 0 Å². The van der Waals surface area contributed by atoms with Crippen molar-refractivity contribution < 1.29 is 13.2 Å². The number of amides is 1. The number of hydrogen-bond acceptors (Lipinski definition) is 4. The Morgan fingerprint density at radius 3 is 2.21 bits per heavy atom. The molecule has 2 aliphatic rings. The summed E-state index contributed by atoms with van der Waals surface area (Å²) in [7, 11) is -3.54. The van der Waals surface area contributed by atoms with E-state index in [1.54, 1.807) is 28.8 Å². The van der Waals surface area contributed by atoms with E-state index in [-0.39, 0.29) is 17.9 Å². The molecule has 0 N–H and O–H groups in total. The summed E-state index contributed by atoms with van der Waals surface area (Å²) < 4.78 is 27.9. The van der Waals surface area contributed by atoms with Crippen LogP contribution in [0.4, 0.5) is 0 Å². The monoisotopic (exact) mass is 469 g/mol. The van der Waals surface area contributed by atoms with Gasteiger partial charge in [0, 0.05) is 37.9 Å². The molecule has 2 saturated heterocycles. The van der Waals surface area contributed by atoms with Crippen LogP contribution in [0, 0.1) is 5.92 Å². The molecule has 1 unspecified atom stereocenters. The summed E-state index contributed by atoms with van der Waals surface area (Å²) in [6.07, 6.45) is 8.96. The SMILES string of the molecule is CC(C)c1ccc(S(=O)(=O)N2CCC(C(=O)N3CCCCCC3c3ccncc3)CC2)cc1. The maximum absolute atomic E-state index is 13.6. The van der Waals surface area contributed by atoms with Crippen molar-refractivity contribution in [2.24, 2.45) is 5.92 Å². The molecular formula is C26H35N3O3S. The smallest absolute Gasteiger partial charge is 0.243 e. The number of carbonyl (C=O) groups is 1. The predicted octanol–water partition coefficient (Wildman–Crippen LogP) is 4.75. The first-order valence-corrected chi connectivity index (χ1v) is 13.6. The molecule has 0 radical (unpaired) electrons. The minimum absolute atomic E-state index is 0.0873. The maximum Gasteiger partial charge on any atom is 0.243 e. The van der Waals surface area contributed by atoms with Crippen molar-refractivity contribution >= 4 is 15.9 Å². The van der Waals surface area contributed by atoms with Crippen LogP contribution in [-0.2, 0) is 14.8 Å². The molecule has 1 aromatic carbocycles. The Morgan fingerprint density at radius 2 is 1.58 bits per heavy atom. The summed E-state index contributed by atoms with van der Waals surface area (Å²) in [5.74, 6) is 0.415. The number of hydrogen-bond donors (Lipinski definition) is 0. The second-order valence-electron chi connectivity index (χ2n) is 9.58. The lowest BCUT2D eigenvalue weighted by atomic mass is 9.94. The van der Waals surface area contributed by atoms with Crippen LogP contribution < -0.4 is 0 Å². The van der Waals surface area contributed by atoms with Crippen molar-refractivity contribution in [1.29, 1.82) is 0 Å². The van der Waals surface area contributed by atoms with Crippen LogP contribution in [0.3, 0.4) is 0 Å². The number of benzene rings is 1. The number of piperidine rings is 1. The third-order valence-electron chi connectivity index (χ3n) is 7.11. The number of rotatable bonds is 5. The molecule has 0 spiro atoms. The molecular weight excluding hydrogens is 434 g/mol. The second-order valence-corrected chi connectivity index (χ2v) is 11.5. The van der Waals surface area contributed by atoms with Crippen LogP contribution in [0.5, 0.6) is 0 Å². The van der Waals surface area contributed by atoms with Gasteiger partial charge in [-0.05, 0) is 67.0 Å². The Balaban J connectivity index is 1.43. The Kier molecular flexibility index (Phi) is 7.49. The Hall–Kier alpha value is -2.25. The first kappa shape index (κ1) is 23.9. The number of carbonyl (C=O) groups excluding carboxylic acids is 1. The van der Waals surface area contributed by atoms with Crippen LogP contribution in [0.1, 0.15) is 75.5 Å². The summed E-state index contributed by atoms with van der Waals surface area (Å²) >= 11 is 0. The van der Waals surface area contributed by atoms with E-state index >= 15 is 0 Å². The van der Waals surface area contributed by atoms with Gasteiger partial charge in [-0.3, -0.25) is 9.78 Å². The largest absolute Gasteiger partial charge is 0.335 e. The fourth-order valence-corrected chi connectivity index (χ4v) is 6.53. The van der Waals surface area contributed by atoms with Crippen molar-refractivity contribution in [2.75, 3.05) is 19.6 Å². The van der Waals surface area contributed by atoms with Gasteiger partial charge in [0.05, 0.1) is 10.9 Å². The van der Waals surface area contributed by atoms with Gasteiger partial charge >= 0.3 is 0 Å². The third kappa shape index (κ3) is 5.30. The summed E-state index contributed by atoms with van der Waals surface area (Å²) in [6.45, 7) is 5.73. The lowest BCUT2D eigenvalue weighted by molar-refractivity contribution is -0.139. The van der Waals surface area contributed by atoms with E-state index < -0.39 is 10.0 Å². The van der Waals surface area contributed by atoms with Gasteiger partial charge in [0.1, 0.15) is 0 Å². The molecule has 33 heavy (non-hydrogen) atoms. The minimum Gasteiger partial charge on any atom is -0.335 e. The first-order valence-electron chi connectivity index (χ1n) is 12.2. The fourth-order valence-electron chi connectivity index (χ4n) is 5.06. The average Bonchev–Trinajstić information content (AvgIpc) is 3.10. The molecule has 2 aliphatic heterocycles. The molecule has 0 bridgehead atoms. The highest BCUT2D eigenvalue weighted by atomic mass is 32.2. The van der Waals surface area contributed by atoms with Gasteiger partial charge in [0.15, 0.2) is 0 Å². The van der Waals surface area contributed by atoms with Crippen LogP contribution in [0.2, 0.25) is 0 Å². The highest BCUT2D eigenvalue weighted by Crippen LogP contribution is 2.33. The Morgan fingerprint density at radius 1 is 0.909 bits per heavy atom. The zero-order chi connectivity index (χ0) is 23.4. The van der Waals surface area contributed by atoms with Gasteiger partial charge in [-0.25, -0.2) is 8.42 Å². The summed E-state index contributed by atoms with van der Waals surface area (Å²) in [5.41, 5.74) is 2.27. The van der Waals surface area contributed by atoms with E-state index in [9.17, 15) is 13.2 Å². The zero-order valence-corrected chi connectivity index (χ0v) is 20.5. The van der Waals surface area contributed by atoms with Gasteiger partial charge < -0.3 is 4.90 Å². The topological polar surface area (TPSA) is 70.6 Å². The number of sulfonamides is 1. The first-order chi connectivity index (χ1) is 15.9. The summed E-state index contributed by atoms with van der Waals surface area (Å²) in [4.78, 5) is 20.1. The predicted molar refractivity (Wildman–Crippen MR) is 129 cm³/mol. The zero-order valence-electron chi connectivity index (χ0n) is 19.7. The minimum atomic E-state index is -3.54. The van der Waals surface area contributed by atoms with Gasteiger partial charge in [0.25, 0.3) is 0 Å². The molecule has 7 heteroatoms. The average molecular weight is 470 g/mol. The van der Waals surface area contributed by atoms with Crippen LogP contribution in [0.25, 0.3) is 0 Å². The molecule has 6 nitrogen and oxygen atoms in total. The molecule has 1 atom stereocenters. The molecule has 0 aliphatic carbocycles. The van der Waals surface area contributed by atoms with E-state index in [0.717, 1.165) is 43.4 Å². The quantitative estimate of drug-likeness (QED) is 0.634. The highest BCUT2D eigenvalue weighted by molar-refractivity contribution is 7.89.